The molecule has 0 radical (unpaired) electrons. The molecule has 1 saturated heterocycles. The Morgan fingerprint density at radius 3 is 2.79 bits per heavy atom. The van der Waals surface area contributed by atoms with Crippen LogP contribution in [-0.4, -0.2) is 46.3 Å². The zero-order chi connectivity index (χ0) is 19.3. The highest BCUT2D eigenvalue weighted by molar-refractivity contribution is 7.90. The number of thiazole rings is 1. The van der Waals surface area contributed by atoms with Gasteiger partial charge in [-0.05, 0) is 44.0 Å². The molecule has 4 heterocycles. The van der Waals surface area contributed by atoms with Crippen LogP contribution in [0.4, 0.5) is 0 Å². The minimum absolute atomic E-state index is 0.00301. The van der Waals surface area contributed by atoms with E-state index in [2.05, 4.69) is 9.88 Å². The summed E-state index contributed by atoms with van der Waals surface area (Å²) in [4.78, 5) is 7.19. The minimum atomic E-state index is -3.89. The number of benzene rings is 1. The van der Waals surface area contributed by atoms with Gasteiger partial charge in [0, 0.05) is 29.7 Å². The van der Waals surface area contributed by atoms with Crippen molar-refractivity contribution in [1.29, 1.82) is 0 Å². The molecule has 1 aliphatic heterocycles. The van der Waals surface area contributed by atoms with Crippen molar-refractivity contribution in [1.82, 2.24) is 18.3 Å². The van der Waals surface area contributed by atoms with Gasteiger partial charge in [-0.2, -0.15) is 8.42 Å². The molecule has 1 aliphatic rings. The Bertz CT molecular complexity index is 1270. The van der Waals surface area contributed by atoms with Gasteiger partial charge in [0.15, 0.2) is 10.1 Å². The number of fused-ring (bicyclic) bond motifs is 2. The van der Waals surface area contributed by atoms with E-state index in [4.69, 9.17) is 11.6 Å². The Kier molecular flexibility index (Phi) is 4.46. The quantitative estimate of drug-likeness (QED) is 0.478. The summed E-state index contributed by atoms with van der Waals surface area (Å²) in [5.74, 6) is 0. The summed E-state index contributed by atoms with van der Waals surface area (Å²) in [5.41, 5.74) is 1.70. The summed E-state index contributed by atoms with van der Waals surface area (Å²) in [6, 6.07) is 7.63. The van der Waals surface area contributed by atoms with Crippen LogP contribution in [0.5, 0.6) is 0 Å². The molecule has 0 unspecified atom stereocenters. The van der Waals surface area contributed by atoms with Crippen LogP contribution in [0.2, 0.25) is 5.15 Å². The molecular weight excluding hydrogens is 416 g/mol. The first-order valence-electron chi connectivity index (χ1n) is 9.23. The Hall–Kier alpha value is -1.87. The molecular formula is C19H19ClN4O2S2. The molecule has 0 saturated carbocycles. The summed E-state index contributed by atoms with van der Waals surface area (Å²) in [7, 11) is -3.89. The first kappa shape index (κ1) is 18.2. The van der Waals surface area contributed by atoms with E-state index in [1.54, 1.807) is 22.2 Å². The monoisotopic (exact) mass is 434 g/mol. The summed E-state index contributed by atoms with van der Waals surface area (Å²) in [5, 5.41) is 2.78. The molecule has 1 aromatic carbocycles. The molecule has 0 N–H and O–H groups in total. The Morgan fingerprint density at radius 1 is 1.18 bits per heavy atom. The first-order chi connectivity index (χ1) is 13.6. The average Bonchev–Trinajstić information content (AvgIpc) is 3.43. The summed E-state index contributed by atoms with van der Waals surface area (Å²) in [6.45, 7) is 3.19. The fourth-order valence-corrected chi connectivity index (χ4v) is 6.77. The van der Waals surface area contributed by atoms with Crippen molar-refractivity contribution in [3.8, 4) is 0 Å². The van der Waals surface area contributed by atoms with E-state index in [0.29, 0.717) is 10.5 Å². The number of likely N-dealkylation sites (tertiary alicyclic amines) is 1. The fourth-order valence-electron chi connectivity index (χ4n) is 3.96. The lowest BCUT2D eigenvalue weighted by Crippen LogP contribution is -2.21. The largest absolute Gasteiger partial charge is 0.303 e. The van der Waals surface area contributed by atoms with Gasteiger partial charge in [-0.3, -0.25) is 4.40 Å². The molecule has 5 rings (SSSR count). The van der Waals surface area contributed by atoms with Crippen LogP contribution >= 0.6 is 22.9 Å². The molecule has 6 nitrogen and oxygen atoms in total. The van der Waals surface area contributed by atoms with Crippen molar-refractivity contribution in [3.63, 3.8) is 0 Å². The number of rotatable bonds is 5. The summed E-state index contributed by atoms with van der Waals surface area (Å²) >= 11 is 7.58. The van der Waals surface area contributed by atoms with Crippen molar-refractivity contribution in [2.45, 2.75) is 24.3 Å². The highest BCUT2D eigenvalue weighted by Gasteiger charge is 2.29. The normalized spacial score (nSPS) is 15.9. The summed E-state index contributed by atoms with van der Waals surface area (Å²) in [6.07, 6.45) is 6.74. The molecule has 0 amide bonds. The lowest BCUT2D eigenvalue weighted by atomic mass is 10.1. The molecule has 0 spiro atoms. The van der Waals surface area contributed by atoms with Gasteiger partial charge in [0.1, 0.15) is 0 Å². The standard InChI is InChI=1S/C19H19ClN4O2S2/c20-17-18(23-11-12-27-19(23)21-17)28(25,26)24-13-14(7-10-22-8-3-4-9-22)15-5-1-2-6-16(15)24/h1-2,5-6,11-13H,3-4,7-10H2. The lowest BCUT2D eigenvalue weighted by molar-refractivity contribution is 0.344. The van der Waals surface area contributed by atoms with Gasteiger partial charge in [0.25, 0.3) is 10.0 Å². The van der Waals surface area contributed by atoms with E-state index >= 15 is 0 Å². The van der Waals surface area contributed by atoms with Gasteiger partial charge in [-0.25, -0.2) is 8.96 Å². The number of halogens is 1. The van der Waals surface area contributed by atoms with Gasteiger partial charge in [0.05, 0.1) is 5.52 Å². The minimum Gasteiger partial charge on any atom is -0.303 e. The average molecular weight is 435 g/mol. The van der Waals surface area contributed by atoms with Crippen LogP contribution in [0, 0.1) is 0 Å². The van der Waals surface area contributed by atoms with Crippen molar-refractivity contribution in [2.24, 2.45) is 0 Å². The van der Waals surface area contributed by atoms with Crippen LogP contribution in [0.25, 0.3) is 15.9 Å². The number of nitrogens with zero attached hydrogens (tertiary/aromatic N) is 4. The van der Waals surface area contributed by atoms with Crippen molar-refractivity contribution in [3.05, 3.63) is 52.8 Å². The van der Waals surface area contributed by atoms with E-state index in [1.165, 1.54) is 28.2 Å². The second-order valence-corrected chi connectivity index (χ2v) is 10.00. The van der Waals surface area contributed by atoms with Crippen LogP contribution in [0.15, 0.2) is 47.1 Å². The third-order valence-electron chi connectivity index (χ3n) is 5.34. The third kappa shape index (κ3) is 2.86. The van der Waals surface area contributed by atoms with Crippen molar-refractivity contribution in [2.75, 3.05) is 19.6 Å². The number of para-hydroxylation sites is 1. The Balaban J connectivity index is 1.62. The van der Waals surface area contributed by atoms with E-state index < -0.39 is 10.0 Å². The Morgan fingerprint density at radius 2 is 1.96 bits per heavy atom. The molecule has 9 heteroatoms. The number of imidazole rings is 1. The van der Waals surface area contributed by atoms with E-state index in [9.17, 15) is 8.42 Å². The second kappa shape index (κ2) is 6.88. The van der Waals surface area contributed by atoms with Gasteiger partial charge in [-0.1, -0.05) is 29.8 Å². The Labute approximate surface area is 172 Å². The van der Waals surface area contributed by atoms with Crippen molar-refractivity contribution >= 4 is 48.8 Å². The van der Waals surface area contributed by atoms with Crippen LogP contribution in [0.3, 0.4) is 0 Å². The molecule has 28 heavy (non-hydrogen) atoms. The van der Waals surface area contributed by atoms with E-state index in [0.717, 1.165) is 37.0 Å². The third-order valence-corrected chi connectivity index (χ3v) is 8.17. The lowest BCUT2D eigenvalue weighted by Gasteiger charge is -2.13. The van der Waals surface area contributed by atoms with Gasteiger partial charge >= 0.3 is 0 Å². The second-order valence-electron chi connectivity index (χ2n) is 7.03. The summed E-state index contributed by atoms with van der Waals surface area (Å²) < 4.78 is 30.0. The maximum absolute atomic E-state index is 13.5. The van der Waals surface area contributed by atoms with Crippen molar-refractivity contribution < 1.29 is 8.42 Å². The zero-order valence-electron chi connectivity index (χ0n) is 15.1. The van der Waals surface area contributed by atoms with Gasteiger partial charge in [-0.15, -0.1) is 11.3 Å². The van der Waals surface area contributed by atoms with Crippen LogP contribution < -0.4 is 0 Å². The number of hydrogen-bond donors (Lipinski definition) is 0. The van der Waals surface area contributed by atoms with Crippen LogP contribution in [-0.2, 0) is 16.4 Å². The smallest absolute Gasteiger partial charge is 0.287 e. The topological polar surface area (TPSA) is 59.6 Å². The van der Waals surface area contributed by atoms with E-state index in [1.807, 2.05) is 24.3 Å². The number of hydrogen-bond acceptors (Lipinski definition) is 5. The predicted octanol–water partition coefficient (Wildman–Crippen LogP) is 3.88. The SMILES string of the molecule is O=S(=O)(c1c(Cl)nc2sccn12)n1cc(CCN2CCCC2)c2ccccc21. The highest BCUT2D eigenvalue weighted by Crippen LogP contribution is 2.31. The van der Waals surface area contributed by atoms with E-state index in [-0.39, 0.29) is 10.2 Å². The first-order valence-corrected chi connectivity index (χ1v) is 11.9. The highest BCUT2D eigenvalue weighted by atomic mass is 35.5. The molecule has 3 aromatic heterocycles. The molecule has 4 aromatic rings. The van der Waals surface area contributed by atoms with Crippen LogP contribution in [0.1, 0.15) is 18.4 Å². The fraction of sp³-hybridized carbons (Fsp3) is 0.316. The zero-order valence-corrected chi connectivity index (χ0v) is 17.5. The maximum Gasteiger partial charge on any atom is 0.287 e. The molecule has 0 atom stereocenters. The molecule has 146 valence electrons. The predicted molar refractivity (Wildman–Crippen MR) is 112 cm³/mol. The van der Waals surface area contributed by atoms with Gasteiger partial charge in [0.2, 0.25) is 5.03 Å². The van der Waals surface area contributed by atoms with Gasteiger partial charge < -0.3 is 4.90 Å². The molecule has 0 aliphatic carbocycles. The molecule has 1 fully saturated rings. The maximum atomic E-state index is 13.5. The molecule has 0 bridgehead atoms. The number of aromatic nitrogens is 3.